The molecule has 0 spiro atoms. The van der Waals surface area contributed by atoms with Crippen molar-refractivity contribution in [2.24, 2.45) is 5.73 Å². The van der Waals surface area contributed by atoms with Crippen LogP contribution in [0.25, 0.3) is 21.6 Å². The van der Waals surface area contributed by atoms with Gasteiger partial charge in [-0.3, -0.25) is 10.1 Å². The summed E-state index contributed by atoms with van der Waals surface area (Å²) in [4.78, 5) is 44.4. The maximum Gasteiger partial charge on any atom is 0.416 e. The molecule has 4 rings (SSSR count). The Kier molecular flexibility index (Phi) is 6.97. The molecule has 1 unspecified atom stereocenters. The number of thiazole rings is 1. The number of benzene rings is 1. The number of alkyl halides is 3. The molecule has 0 saturated heterocycles. The lowest BCUT2D eigenvalue weighted by atomic mass is 10.1. The molecule has 1 atom stereocenters. The Morgan fingerprint density at radius 2 is 1.92 bits per heavy atom. The maximum atomic E-state index is 13.9. The Labute approximate surface area is 213 Å². The van der Waals surface area contributed by atoms with Crippen molar-refractivity contribution < 1.29 is 41.8 Å². The van der Waals surface area contributed by atoms with Crippen molar-refractivity contribution in [3.63, 3.8) is 0 Å². The first-order valence-corrected chi connectivity index (χ1v) is 11.0. The number of amides is 3. The van der Waals surface area contributed by atoms with Crippen LogP contribution in [-0.2, 0) is 15.7 Å². The molecule has 0 bridgehead atoms. The molecule has 198 valence electrons. The fraction of sp³-hybridized carbons (Fsp3) is 0.143. The minimum atomic E-state index is -4.75. The van der Waals surface area contributed by atoms with Crippen LogP contribution in [0.2, 0.25) is 0 Å². The van der Waals surface area contributed by atoms with Gasteiger partial charge in [0.2, 0.25) is 6.23 Å². The zero-order chi connectivity index (χ0) is 27.8. The van der Waals surface area contributed by atoms with Crippen molar-refractivity contribution in [1.82, 2.24) is 19.7 Å². The van der Waals surface area contributed by atoms with Gasteiger partial charge in [0.15, 0.2) is 10.8 Å². The second kappa shape index (κ2) is 10.0. The number of methoxy groups -OCH3 is 1. The summed E-state index contributed by atoms with van der Waals surface area (Å²) in [5, 5.41) is 17.9. The molecule has 0 aliphatic heterocycles. The molecular weight excluding hydrogens is 538 g/mol. The fourth-order valence-corrected chi connectivity index (χ4v) is 4.10. The van der Waals surface area contributed by atoms with Gasteiger partial charge in [0, 0.05) is 13.3 Å². The maximum absolute atomic E-state index is 13.9. The number of aromatic nitrogens is 4. The lowest BCUT2D eigenvalue weighted by Gasteiger charge is -2.13. The summed E-state index contributed by atoms with van der Waals surface area (Å²) >= 11 is 0.830. The zero-order valence-electron chi connectivity index (χ0n) is 18.9. The van der Waals surface area contributed by atoms with Crippen molar-refractivity contribution >= 4 is 51.1 Å². The van der Waals surface area contributed by atoms with Gasteiger partial charge in [-0.05, 0) is 24.3 Å². The quantitative estimate of drug-likeness (QED) is 0.251. The number of urea groups is 1. The highest BCUT2D eigenvalue weighted by Crippen LogP contribution is 2.33. The van der Waals surface area contributed by atoms with Crippen LogP contribution < -0.4 is 16.4 Å². The Bertz CT molecular complexity index is 1570. The smallest absolute Gasteiger partial charge is 0.416 e. The topological polar surface area (TPSA) is 174 Å². The zero-order valence-corrected chi connectivity index (χ0v) is 19.7. The number of hydrogen-bond acceptors (Lipinski definition) is 8. The van der Waals surface area contributed by atoms with E-state index in [0.717, 1.165) is 16.0 Å². The van der Waals surface area contributed by atoms with Crippen molar-refractivity contribution in [3.8, 4) is 10.6 Å². The standard InChI is InChI=1S/C21H15F4N7O5S/c1-37-17(15(26)33)32-16-10(6-28-32)9(18(34)35)5-13(29-16)14-7-27-20(38-14)31-19(36)30-12-4-8(21(23,24)25)2-3-11(12)22/h2-7,17H,1H3,(H2,26,33)(H,34,35)(H2,27,30,31,36). The van der Waals surface area contributed by atoms with Crippen LogP contribution in [0.1, 0.15) is 22.1 Å². The van der Waals surface area contributed by atoms with Gasteiger partial charge in [-0.15, -0.1) is 0 Å². The summed E-state index contributed by atoms with van der Waals surface area (Å²) in [6, 6.07) is 1.68. The first-order valence-electron chi connectivity index (χ1n) is 10.2. The number of primary amides is 1. The second-order valence-corrected chi connectivity index (χ2v) is 8.51. The fourth-order valence-electron chi connectivity index (χ4n) is 3.33. The molecule has 5 N–H and O–H groups in total. The summed E-state index contributed by atoms with van der Waals surface area (Å²) in [6.07, 6.45) is -3.70. The average Bonchev–Trinajstić information content (AvgIpc) is 3.47. The Balaban J connectivity index is 1.62. The van der Waals surface area contributed by atoms with Crippen molar-refractivity contribution in [2.45, 2.75) is 12.4 Å². The summed E-state index contributed by atoms with van der Waals surface area (Å²) in [5.41, 5.74) is 3.28. The number of hydrogen-bond donors (Lipinski definition) is 4. The molecule has 4 aromatic rings. The number of carbonyl (C=O) groups is 3. The molecule has 0 aliphatic rings. The average molecular weight is 553 g/mol. The van der Waals surface area contributed by atoms with Gasteiger partial charge in [0.25, 0.3) is 5.91 Å². The molecule has 1 aromatic carbocycles. The third-order valence-corrected chi connectivity index (χ3v) is 5.94. The normalized spacial score (nSPS) is 12.3. The number of carboxylic acid groups (broad SMARTS) is 1. The third-order valence-electron chi connectivity index (χ3n) is 5.01. The van der Waals surface area contributed by atoms with E-state index in [4.69, 9.17) is 10.5 Å². The number of ether oxygens (including phenoxy) is 1. The molecule has 17 heteroatoms. The highest BCUT2D eigenvalue weighted by atomic mass is 32.1. The number of pyridine rings is 1. The lowest BCUT2D eigenvalue weighted by molar-refractivity contribution is -0.137. The molecule has 0 radical (unpaired) electrons. The molecule has 0 fully saturated rings. The lowest BCUT2D eigenvalue weighted by Crippen LogP contribution is -2.28. The number of halogens is 4. The third kappa shape index (κ3) is 5.23. The second-order valence-electron chi connectivity index (χ2n) is 7.48. The van der Waals surface area contributed by atoms with E-state index in [-0.39, 0.29) is 32.3 Å². The van der Waals surface area contributed by atoms with Crippen LogP contribution in [0.4, 0.5) is 33.2 Å². The number of nitrogens with zero attached hydrogens (tertiary/aromatic N) is 4. The summed E-state index contributed by atoms with van der Waals surface area (Å²) in [5.74, 6) is -3.32. The summed E-state index contributed by atoms with van der Waals surface area (Å²) < 4.78 is 58.6. The Hall–Kier alpha value is -4.64. The number of anilines is 2. The van der Waals surface area contributed by atoms with Crippen LogP contribution >= 0.6 is 11.3 Å². The van der Waals surface area contributed by atoms with Gasteiger partial charge in [0.1, 0.15) is 5.82 Å². The first-order chi connectivity index (χ1) is 17.9. The molecule has 3 heterocycles. The Morgan fingerprint density at radius 3 is 2.55 bits per heavy atom. The van der Waals surface area contributed by atoms with E-state index in [9.17, 15) is 37.1 Å². The van der Waals surface area contributed by atoms with Crippen LogP contribution in [0.15, 0.2) is 36.7 Å². The van der Waals surface area contributed by atoms with Crippen LogP contribution in [0, 0.1) is 5.82 Å². The number of nitrogens with two attached hydrogens (primary N) is 1. The number of rotatable bonds is 7. The van der Waals surface area contributed by atoms with Crippen molar-refractivity contribution in [2.75, 3.05) is 17.7 Å². The van der Waals surface area contributed by atoms with Crippen LogP contribution in [-0.4, -0.2) is 49.9 Å². The predicted molar refractivity (Wildman–Crippen MR) is 125 cm³/mol. The number of aromatic carboxylic acids is 1. The van der Waals surface area contributed by atoms with Gasteiger partial charge in [-0.2, -0.15) is 18.3 Å². The van der Waals surface area contributed by atoms with E-state index in [1.165, 1.54) is 25.6 Å². The summed E-state index contributed by atoms with van der Waals surface area (Å²) in [6.45, 7) is 0. The van der Waals surface area contributed by atoms with E-state index in [2.05, 4.69) is 20.4 Å². The van der Waals surface area contributed by atoms with E-state index >= 15 is 0 Å². The van der Waals surface area contributed by atoms with Gasteiger partial charge in [-0.25, -0.2) is 28.6 Å². The first kappa shape index (κ1) is 26.4. The van der Waals surface area contributed by atoms with Gasteiger partial charge in [0.05, 0.1) is 39.0 Å². The van der Waals surface area contributed by atoms with E-state index in [1.54, 1.807) is 0 Å². The molecule has 12 nitrogen and oxygen atoms in total. The minimum Gasteiger partial charge on any atom is -0.478 e. The Morgan fingerprint density at radius 1 is 1.18 bits per heavy atom. The highest BCUT2D eigenvalue weighted by Gasteiger charge is 2.31. The summed E-state index contributed by atoms with van der Waals surface area (Å²) in [7, 11) is 1.20. The molecule has 3 aromatic heterocycles. The molecule has 0 aliphatic carbocycles. The van der Waals surface area contributed by atoms with Gasteiger partial charge < -0.3 is 20.9 Å². The minimum absolute atomic E-state index is 0.0359. The number of carbonyl (C=O) groups excluding carboxylic acids is 2. The van der Waals surface area contributed by atoms with Crippen LogP contribution in [0.3, 0.4) is 0 Å². The van der Waals surface area contributed by atoms with Crippen molar-refractivity contribution in [3.05, 3.63) is 53.6 Å². The van der Waals surface area contributed by atoms with Gasteiger partial charge >= 0.3 is 18.2 Å². The van der Waals surface area contributed by atoms with Crippen molar-refractivity contribution in [1.29, 1.82) is 0 Å². The molecule has 38 heavy (non-hydrogen) atoms. The number of fused-ring (bicyclic) bond motifs is 1. The predicted octanol–water partition coefficient (Wildman–Crippen LogP) is 3.69. The van der Waals surface area contributed by atoms with E-state index in [1.807, 2.05) is 5.32 Å². The molecular formula is C21H15F4N7O5S. The SMILES string of the molecule is COC(C(N)=O)n1ncc2c(C(=O)O)cc(-c3cnc(NC(=O)Nc4cc(C(F)(F)F)ccc4F)s3)nc21. The molecule has 3 amide bonds. The van der Waals surface area contributed by atoms with Crippen LogP contribution in [0.5, 0.6) is 0 Å². The molecule has 0 saturated carbocycles. The number of carboxylic acids is 1. The monoisotopic (exact) mass is 553 g/mol. The van der Waals surface area contributed by atoms with E-state index < -0.39 is 47.4 Å². The highest BCUT2D eigenvalue weighted by molar-refractivity contribution is 7.19. The number of nitrogens with one attached hydrogen (secondary N) is 2. The largest absolute Gasteiger partial charge is 0.478 e. The van der Waals surface area contributed by atoms with E-state index in [0.29, 0.717) is 18.2 Å². The van der Waals surface area contributed by atoms with Gasteiger partial charge in [-0.1, -0.05) is 11.3 Å².